The van der Waals surface area contributed by atoms with Crippen LogP contribution in [0.25, 0.3) is 0 Å². The highest BCUT2D eigenvalue weighted by Gasteiger charge is 2.40. The third kappa shape index (κ3) is 1.70. The first kappa shape index (κ1) is 10.9. The van der Waals surface area contributed by atoms with Crippen molar-refractivity contribution in [3.8, 4) is 0 Å². The SMILES string of the molecule is Cc1ccc2c(c1)NCC1N2CCCC1(C)C. The predicted molar refractivity (Wildman–Crippen MR) is 73.8 cm³/mol. The van der Waals surface area contributed by atoms with Crippen molar-refractivity contribution in [2.75, 3.05) is 23.3 Å². The molecule has 1 atom stereocenters. The maximum absolute atomic E-state index is 3.62. The summed E-state index contributed by atoms with van der Waals surface area (Å²) in [5.74, 6) is 0. The van der Waals surface area contributed by atoms with Crippen molar-refractivity contribution in [3.63, 3.8) is 0 Å². The summed E-state index contributed by atoms with van der Waals surface area (Å²) < 4.78 is 0. The molecule has 0 saturated carbocycles. The number of hydrogen-bond acceptors (Lipinski definition) is 2. The van der Waals surface area contributed by atoms with Crippen LogP contribution in [-0.4, -0.2) is 19.1 Å². The second-order valence-electron chi connectivity index (χ2n) is 6.20. The molecule has 2 aliphatic rings. The number of nitrogens with one attached hydrogen (secondary N) is 1. The van der Waals surface area contributed by atoms with Gasteiger partial charge in [-0.2, -0.15) is 0 Å². The molecule has 2 nitrogen and oxygen atoms in total. The standard InChI is InChI=1S/C15H22N2/c1-11-5-6-13-12(9-11)16-10-14-15(2,3)7-4-8-17(13)14/h5-6,9,14,16H,4,7-8,10H2,1-3H3. The molecule has 92 valence electrons. The van der Waals surface area contributed by atoms with Gasteiger partial charge in [0.25, 0.3) is 0 Å². The Morgan fingerprint density at radius 1 is 1.35 bits per heavy atom. The normalized spacial score (nSPS) is 25.8. The smallest absolute Gasteiger partial charge is 0.0605 e. The van der Waals surface area contributed by atoms with E-state index in [4.69, 9.17) is 0 Å². The molecule has 1 aromatic rings. The number of anilines is 2. The van der Waals surface area contributed by atoms with E-state index < -0.39 is 0 Å². The first-order chi connectivity index (χ1) is 8.08. The van der Waals surface area contributed by atoms with Gasteiger partial charge in [-0.15, -0.1) is 0 Å². The molecule has 1 unspecified atom stereocenters. The minimum atomic E-state index is 0.424. The van der Waals surface area contributed by atoms with Crippen LogP contribution in [0.3, 0.4) is 0 Å². The fraction of sp³-hybridized carbons (Fsp3) is 0.600. The van der Waals surface area contributed by atoms with Gasteiger partial charge < -0.3 is 10.2 Å². The zero-order chi connectivity index (χ0) is 12.0. The summed E-state index contributed by atoms with van der Waals surface area (Å²) in [4.78, 5) is 2.62. The van der Waals surface area contributed by atoms with E-state index in [1.165, 1.54) is 36.3 Å². The van der Waals surface area contributed by atoms with E-state index >= 15 is 0 Å². The highest BCUT2D eigenvalue weighted by atomic mass is 15.2. The number of hydrogen-bond donors (Lipinski definition) is 1. The van der Waals surface area contributed by atoms with Gasteiger partial charge in [-0.25, -0.2) is 0 Å². The van der Waals surface area contributed by atoms with Crippen molar-refractivity contribution in [2.24, 2.45) is 5.41 Å². The second kappa shape index (κ2) is 3.66. The number of nitrogens with zero attached hydrogens (tertiary/aromatic N) is 1. The molecule has 1 aromatic carbocycles. The van der Waals surface area contributed by atoms with Crippen LogP contribution in [0.4, 0.5) is 11.4 Å². The summed E-state index contributed by atoms with van der Waals surface area (Å²) in [6.45, 7) is 9.28. The Kier molecular flexibility index (Phi) is 2.35. The monoisotopic (exact) mass is 230 g/mol. The van der Waals surface area contributed by atoms with E-state index in [9.17, 15) is 0 Å². The van der Waals surface area contributed by atoms with Crippen LogP contribution >= 0.6 is 0 Å². The molecule has 0 spiro atoms. The Morgan fingerprint density at radius 2 is 2.18 bits per heavy atom. The Hall–Kier alpha value is -1.18. The maximum Gasteiger partial charge on any atom is 0.0605 e. The molecule has 2 heteroatoms. The lowest BCUT2D eigenvalue weighted by Crippen LogP contribution is -2.55. The molecule has 0 amide bonds. The molecule has 0 radical (unpaired) electrons. The number of benzene rings is 1. The zero-order valence-corrected chi connectivity index (χ0v) is 11.1. The number of piperidine rings is 1. The molecule has 0 bridgehead atoms. The molecule has 0 aromatic heterocycles. The van der Waals surface area contributed by atoms with Crippen molar-refractivity contribution >= 4 is 11.4 Å². The third-order valence-corrected chi connectivity index (χ3v) is 4.45. The molecule has 1 N–H and O–H groups in total. The van der Waals surface area contributed by atoms with Gasteiger partial charge in [0.2, 0.25) is 0 Å². The predicted octanol–water partition coefficient (Wildman–Crippen LogP) is 3.42. The second-order valence-corrected chi connectivity index (χ2v) is 6.20. The molecule has 2 aliphatic heterocycles. The van der Waals surface area contributed by atoms with E-state index in [1.54, 1.807) is 0 Å². The van der Waals surface area contributed by atoms with Gasteiger partial charge in [0.15, 0.2) is 0 Å². The number of aryl methyl sites for hydroxylation is 1. The lowest BCUT2D eigenvalue weighted by molar-refractivity contribution is 0.217. The van der Waals surface area contributed by atoms with Crippen molar-refractivity contribution in [1.82, 2.24) is 0 Å². The van der Waals surface area contributed by atoms with Crippen LogP contribution < -0.4 is 10.2 Å². The van der Waals surface area contributed by atoms with Crippen molar-refractivity contribution in [1.29, 1.82) is 0 Å². The van der Waals surface area contributed by atoms with Crippen molar-refractivity contribution in [3.05, 3.63) is 23.8 Å². The first-order valence-electron chi connectivity index (χ1n) is 6.69. The van der Waals surface area contributed by atoms with Crippen LogP contribution in [-0.2, 0) is 0 Å². The Labute approximate surface area is 104 Å². The fourth-order valence-corrected chi connectivity index (χ4v) is 3.37. The highest BCUT2D eigenvalue weighted by Crippen LogP contribution is 2.42. The average Bonchev–Trinajstić information content (AvgIpc) is 2.27. The average molecular weight is 230 g/mol. The van der Waals surface area contributed by atoms with Gasteiger partial charge in [0, 0.05) is 13.1 Å². The Bertz CT molecular complexity index is 437. The topological polar surface area (TPSA) is 15.3 Å². The summed E-state index contributed by atoms with van der Waals surface area (Å²) in [7, 11) is 0. The quantitative estimate of drug-likeness (QED) is 0.734. The Balaban J connectivity index is 2.01. The summed E-state index contributed by atoms with van der Waals surface area (Å²) in [5.41, 5.74) is 4.48. The van der Waals surface area contributed by atoms with Crippen LogP contribution in [0.2, 0.25) is 0 Å². The summed E-state index contributed by atoms with van der Waals surface area (Å²) >= 11 is 0. The highest BCUT2D eigenvalue weighted by molar-refractivity contribution is 5.74. The lowest BCUT2D eigenvalue weighted by atomic mass is 9.75. The third-order valence-electron chi connectivity index (χ3n) is 4.45. The van der Waals surface area contributed by atoms with Crippen molar-refractivity contribution in [2.45, 2.75) is 39.7 Å². The molecule has 3 rings (SSSR count). The minimum Gasteiger partial charge on any atom is -0.381 e. The Morgan fingerprint density at radius 3 is 3.00 bits per heavy atom. The largest absolute Gasteiger partial charge is 0.381 e. The van der Waals surface area contributed by atoms with Crippen LogP contribution in [0.5, 0.6) is 0 Å². The van der Waals surface area contributed by atoms with Gasteiger partial charge in [-0.3, -0.25) is 0 Å². The van der Waals surface area contributed by atoms with E-state index in [-0.39, 0.29) is 0 Å². The summed E-state index contributed by atoms with van der Waals surface area (Å²) in [6.07, 6.45) is 2.66. The summed E-state index contributed by atoms with van der Waals surface area (Å²) in [6, 6.07) is 7.43. The molecular weight excluding hydrogens is 208 g/mol. The van der Waals surface area contributed by atoms with E-state index in [1.807, 2.05) is 0 Å². The lowest BCUT2D eigenvalue weighted by Gasteiger charge is -2.51. The van der Waals surface area contributed by atoms with E-state index in [0.29, 0.717) is 11.5 Å². The van der Waals surface area contributed by atoms with E-state index in [2.05, 4.69) is 49.2 Å². The number of fused-ring (bicyclic) bond motifs is 3. The van der Waals surface area contributed by atoms with Crippen LogP contribution in [0.15, 0.2) is 18.2 Å². The minimum absolute atomic E-state index is 0.424. The van der Waals surface area contributed by atoms with Crippen LogP contribution in [0.1, 0.15) is 32.3 Å². The molecular formula is C15H22N2. The molecule has 2 heterocycles. The maximum atomic E-state index is 3.62. The molecule has 17 heavy (non-hydrogen) atoms. The van der Waals surface area contributed by atoms with Gasteiger partial charge in [0.05, 0.1) is 17.4 Å². The molecule has 0 aliphatic carbocycles. The van der Waals surface area contributed by atoms with E-state index in [0.717, 1.165) is 6.54 Å². The van der Waals surface area contributed by atoms with Gasteiger partial charge in [-0.1, -0.05) is 19.9 Å². The van der Waals surface area contributed by atoms with Gasteiger partial charge in [-0.05, 0) is 42.9 Å². The zero-order valence-electron chi connectivity index (χ0n) is 11.1. The van der Waals surface area contributed by atoms with Gasteiger partial charge >= 0.3 is 0 Å². The van der Waals surface area contributed by atoms with Crippen molar-refractivity contribution < 1.29 is 0 Å². The van der Waals surface area contributed by atoms with Gasteiger partial charge in [0.1, 0.15) is 0 Å². The fourth-order valence-electron chi connectivity index (χ4n) is 3.37. The first-order valence-corrected chi connectivity index (χ1v) is 6.69. The molecule has 1 saturated heterocycles. The van der Waals surface area contributed by atoms with Crippen LogP contribution in [0, 0.1) is 12.3 Å². The number of rotatable bonds is 0. The molecule has 1 fully saturated rings. The summed E-state index contributed by atoms with van der Waals surface area (Å²) in [5, 5.41) is 3.62.